The maximum Gasteiger partial charge on any atom is 0.412 e. The van der Waals surface area contributed by atoms with Crippen molar-refractivity contribution in [3.05, 3.63) is 22.7 Å². The number of anilines is 1. The Kier molecular flexibility index (Phi) is 7.06. The fraction of sp³-hybridized carbons (Fsp3) is 0.722. The van der Waals surface area contributed by atoms with Gasteiger partial charge in [-0.3, -0.25) is 5.32 Å². The molecule has 2 N–H and O–H groups in total. The van der Waals surface area contributed by atoms with E-state index in [0.29, 0.717) is 4.57 Å². The van der Waals surface area contributed by atoms with Gasteiger partial charge in [0.1, 0.15) is 11.9 Å². The predicted molar refractivity (Wildman–Crippen MR) is 107 cm³/mol. The zero-order valence-corrected chi connectivity index (χ0v) is 18.9. The maximum atomic E-state index is 14.9. The second-order valence-electron chi connectivity index (χ2n) is 8.55. The normalized spacial score (nSPS) is 24.0. The molecule has 0 unspecified atom stereocenters. The Bertz CT molecular complexity index is 827. The van der Waals surface area contributed by atoms with E-state index in [1.807, 2.05) is 33.9 Å². The first-order valence-corrected chi connectivity index (χ1v) is 12.5. The number of aliphatic hydroxyl groups is 1. The Morgan fingerprint density at radius 2 is 2.07 bits per heavy atom. The van der Waals surface area contributed by atoms with Gasteiger partial charge in [-0.1, -0.05) is 20.8 Å². The van der Waals surface area contributed by atoms with Crippen LogP contribution in [0.4, 0.5) is 19.4 Å². The lowest BCUT2D eigenvalue weighted by Gasteiger charge is -2.37. The number of aliphatic hydroxyl groups excluding tert-OH is 1. The zero-order valence-electron chi connectivity index (χ0n) is 17.9. The van der Waals surface area contributed by atoms with Gasteiger partial charge in [0.25, 0.3) is 0 Å². The Morgan fingerprint density at radius 3 is 2.63 bits per heavy atom. The van der Waals surface area contributed by atoms with Crippen molar-refractivity contribution in [1.29, 1.82) is 0 Å². The molecule has 9 nitrogen and oxygen atoms in total. The first kappa shape index (κ1) is 24.4. The Morgan fingerprint density at radius 1 is 1.43 bits per heavy atom. The van der Waals surface area contributed by atoms with E-state index in [4.69, 9.17) is 13.9 Å². The first-order valence-electron chi connectivity index (χ1n) is 9.59. The van der Waals surface area contributed by atoms with E-state index in [1.165, 1.54) is 0 Å². The Labute approximate surface area is 174 Å². The van der Waals surface area contributed by atoms with Crippen molar-refractivity contribution in [3.8, 4) is 0 Å². The molecule has 0 saturated carbocycles. The van der Waals surface area contributed by atoms with Crippen molar-refractivity contribution < 1.29 is 32.6 Å². The number of carbonyl (C=O) groups is 1. The summed E-state index contributed by atoms with van der Waals surface area (Å²) in [6.45, 7) is 11.2. The van der Waals surface area contributed by atoms with E-state index in [0.717, 1.165) is 12.3 Å². The van der Waals surface area contributed by atoms with Gasteiger partial charge in [-0.05, 0) is 31.1 Å². The summed E-state index contributed by atoms with van der Waals surface area (Å²) in [6, 6.07) is 1.16. The molecule has 170 valence electrons. The van der Waals surface area contributed by atoms with Crippen molar-refractivity contribution in [1.82, 2.24) is 9.55 Å². The van der Waals surface area contributed by atoms with Gasteiger partial charge >= 0.3 is 17.7 Å². The van der Waals surface area contributed by atoms with E-state index in [9.17, 15) is 23.5 Å². The molecule has 1 aromatic heterocycles. The standard InChI is InChI=1S/C18H29F2N3O6Si/c1-7-27-16(26)22-12-8-9-21-15(25)23(12)14-18(19,20)13(24)11(29-14)10-28-30(5,6)17(2,3)4/h8-9,11,13-14,24H,7,10H2,1-6H3,(H,22,26)/t11-,13-,14-/m1/s1. The molecule has 0 aromatic carbocycles. The van der Waals surface area contributed by atoms with Crippen LogP contribution >= 0.6 is 0 Å². The summed E-state index contributed by atoms with van der Waals surface area (Å²) in [4.78, 5) is 27.4. The van der Waals surface area contributed by atoms with Crippen LogP contribution in [0.3, 0.4) is 0 Å². The SMILES string of the molecule is CCOC(=O)Nc1ccnc(=O)n1[C@@H]1O[C@H](CO[Si](C)(C)C(C)(C)C)[C@@H](O)C1(F)F. The molecule has 0 radical (unpaired) electrons. The zero-order chi connectivity index (χ0) is 22.9. The number of amides is 1. The summed E-state index contributed by atoms with van der Waals surface area (Å²) in [5.74, 6) is -4.13. The Hall–Kier alpha value is -1.89. The first-order chi connectivity index (χ1) is 13.7. The molecule has 1 aliphatic rings. The number of carbonyl (C=O) groups excluding carboxylic acids is 1. The van der Waals surface area contributed by atoms with Gasteiger partial charge in [0, 0.05) is 6.20 Å². The molecule has 3 atom stereocenters. The molecular formula is C18H29F2N3O6Si. The van der Waals surface area contributed by atoms with E-state index in [1.54, 1.807) is 6.92 Å². The number of aromatic nitrogens is 2. The van der Waals surface area contributed by atoms with Crippen LogP contribution in [-0.4, -0.2) is 60.4 Å². The predicted octanol–water partition coefficient (Wildman–Crippen LogP) is 2.73. The van der Waals surface area contributed by atoms with Crippen LogP contribution in [0.1, 0.15) is 33.9 Å². The van der Waals surface area contributed by atoms with Crippen LogP contribution in [-0.2, 0) is 13.9 Å². The van der Waals surface area contributed by atoms with Crippen LogP contribution in [0.15, 0.2) is 17.1 Å². The van der Waals surface area contributed by atoms with Gasteiger partial charge in [-0.2, -0.15) is 8.78 Å². The fourth-order valence-electron chi connectivity index (χ4n) is 2.61. The van der Waals surface area contributed by atoms with Gasteiger partial charge in [0.2, 0.25) is 6.23 Å². The summed E-state index contributed by atoms with van der Waals surface area (Å²) >= 11 is 0. The summed E-state index contributed by atoms with van der Waals surface area (Å²) in [5.41, 5.74) is -1.08. The molecule has 0 bridgehead atoms. The molecule has 0 spiro atoms. The van der Waals surface area contributed by atoms with Crippen LogP contribution in [0, 0.1) is 0 Å². The molecule has 30 heavy (non-hydrogen) atoms. The highest BCUT2D eigenvalue weighted by molar-refractivity contribution is 6.74. The second-order valence-corrected chi connectivity index (χ2v) is 13.4. The average molecular weight is 450 g/mol. The number of ether oxygens (including phenoxy) is 2. The van der Waals surface area contributed by atoms with Gasteiger partial charge in [0.05, 0.1) is 13.2 Å². The van der Waals surface area contributed by atoms with Gasteiger partial charge in [-0.25, -0.2) is 19.1 Å². The number of nitrogens with zero attached hydrogens (tertiary/aromatic N) is 2. The lowest BCUT2D eigenvalue weighted by molar-refractivity contribution is -0.140. The van der Waals surface area contributed by atoms with Crippen LogP contribution in [0.2, 0.25) is 18.1 Å². The van der Waals surface area contributed by atoms with Crippen molar-refractivity contribution in [2.45, 2.75) is 70.2 Å². The highest BCUT2D eigenvalue weighted by Gasteiger charge is 2.60. The molecular weight excluding hydrogens is 420 g/mol. The summed E-state index contributed by atoms with van der Waals surface area (Å²) in [5, 5.41) is 12.3. The minimum Gasteiger partial charge on any atom is -0.450 e. The lowest BCUT2D eigenvalue weighted by atomic mass is 10.1. The number of alkyl halides is 2. The molecule has 12 heteroatoms. The molecule has 2 heterocycles. The fourth-order valence-corrected chi connectivity index (χ4v) is 3.63. The van der Waals surface area contributed by atoms with Crippen molar-refractivity contribution >= 4 is 20.2 Å². The highest BCUT2D eigenvalue weighted by atomic mass is 28.4. The average Bonchev–Trinajstić information content (AvgIpc) is 2.83. The number of halogens is 2. The van der Waals surface area contributed by atoms with Gasteiger partial charge < -0.3 is 19.0 Å². The molecule has 2 rings (SSSR count). The second kappa shape index (κ2) is 8.69. The summed E-state index contributed by atoms with van der Waals surface area (Å²) in [7, 11) is -2.29. The minimum atomic E-state index is -3.83. The van der Waals surface area contributed by atoms with Crippen molar-refractivity contribution in [3.63, 3.8) is 0 Å². The van der Waals surface area contributed by atoms with Crippen molar-refractivity contribution in [2.75, 3.05) is 18.5 Å². The third-order valence-electron chi connectivity index (χ3n) is 5.42. The summed E-state index contributed by atoms with van der Waals surface area (Å²) in [6.07, 6.45) is -5.64. The number of hydrogen-bond donors (Lipinski definition) is 2. The quantitative estimate of drug-likeness (QED) is 0.642. The minimum absolute atomic E-state index is 0.0445. The molecule has 0 aliphatic carbocycles. The molecule has 1 fully saturated rings. The van der Waals surface area contributed by atoms with Crippen LogP contribution in [0.5, 0.6) is 0 Å². The molecule has 1 aliphatic heterocycles. The van der Waals surface area contributed by atoms with E-state index < -0.39 is 44.5 Å². The maximum absolute atomic E-state index is 14.9. The Balaban J connectivity index is 2.31. The smallest absolute Gasteiger partial charge is 0.412 e. The molecule has 1 aromatic rings. The topological polar surface area (TPSA) is 112 Å². The van der Waals surface area contributed by atoms with E-state index >= 15 is 0 Å². The van der Waals surface area contributed by atoms with Gasteiger partial charge in [-0.15, -0.1) is 0 Å². The molecule has 1 saturated heterocycles. The summed E-state index contributed by atoms with van der Waals surface area (Å²) < 4.78 is 46.3. The third kappa shape index (κ3) is 4.87. The number of rotatable bonds is 6. The highest BCUT2D eigenvalue weighted by Crippen LogP contribution is 2.44. The van der Waals surface area contributed by atoms with Crippen LogP contribution < -0.4 is 11.0 Å². The number of hydrogen-bond acceptors (Lipinski definition) is 7. The van der Waals surface area contributed by atoms with E-state index in [-0.39, 0.29) is 24.1 Å². The number of nitrogens with one attached hydrogen (secondary N) is 1. The molecule has 1 amide bonds. The van der Waals surface area contributed by atoms with E-state index in [2.05, 4.69) is 10.3 Å². The largest absolute Gasteiger partial charge is 0.450 e. The lowest BCUT2D eigenvalue weighted by Crippen LogP contribution is -2.45. The monoisotopic (exact) mass is 449 g/mol. The van der Waals surface area contributed by atoms with Crippen LogP contribution in [0.25, 0.3) is 0 Å². The third-order valence-corrected chi connectivity index (χ3v) is 9.92. The van der Waals surface area contributed by atoms with Gasteiger partial charge in [0.15, 0.2) is 14.4 Å². The van der Waals surface area contributed by atoms with Crippen molar-refractivity contribution in [2.24, 2.45) is 0 Å².